The third-order valence-electron chi connectivity index (χ3n) is 2.06. The lowest BCUT2D eigenvalue weighted by Crippen LogP contribution is -2.28. The number of halogens is 3. The van der Waals surface area contributed by atoms with Crippen LogP contribution in [-0.2, 0) is 9.47 Å². The average Bonchev–Trinajstić information content (AvgIpc) is 2.53. The molecule has 2 atom stereocenters. The van der Waals surface area contributed by atoms with Crippen LogP contribution in [-0.4, -0.2) is 43.8 Å². The van der Waals surface area contributed by atoms with E-state index < -0.39 is 18.9 Å². The van der Waals surface area contributed by atoms with Crippen LogP contribution in [0.1, 0.15) is 6.42 Å². The van der Waals surface area contributed by atoms with Gasteiger partial charge in [0.15, 0.2) is 0 Å². The number of aliphatic hydroxyl groups excluding tert-OH is 1. The van der Waals surface area contributed by atoms with E-state index in [9.17, 15) is 18.3 Å². The smallest absolute Gasteiger partial charge is 0.390 e. The van der Waals surface area contributed by atoms with E-state index in [4.69, 9.17) is 4.74 Å². The first kappa shape index (κ1) is 11.7. The first-order valence-electron chi connectivity index (χ1n) is 4.39. The lowest BCUT2D eigenvalue weighted by molar-refractivity contribution is -0.180. The maximum Gasteiger partial charge on any atom is 0.411 e. The first-order valence-corrected chi connectivity index (χ1v) is 4.39. The molecule has 0 aromatic heterocycles. The molecule has 1 heterocycles. The number of ether oxygens (including phenoxy) is 2. The summed E-state index contributed by atoms with van der Waals surface area (Å²) in [6, 6.07) is 0. The van der Waals surface area contributed by atoms with Crippen LogP contribution in [0.15, 0.2) is 0 Å². The Labute approximate surface area is 79.8 Å². The quantitative estimate of drug-likeness (QED) is 0.757. The average molecular weight is 214 g/mol. The summed E-state index contributed by atoms with van der Waals surface area (Å²) >= 11 is 0. The van der Waals surface area contributed by atoms with E-state index in [2.05, 4.69) is 4.74 Å². The van der Waals surface area contributed by atoms with Crippen molar-refractivity contribution in [2.45, 2.75) is 18.7 Å². The van der Waals surface area contributed by atoms with E-state index >= 15 is 0 Å². The molecule has 0 aliphatic carbocycles. The standard InChI is InChI=1S/C8H13F3O3/c9-8(10,11)5-14-4-7(12)6-1-2-13-3-6/h6-7,12H,1-5H2. The Morgan fingerprint density at radius 3 is 2.71 bits per heavy atom. The molecule has 3 nitrogen and oxygen atoms in total. The predicted molar refractivity (Wildman–Crippen MR) is 41.8 cm³/mol. The molecule has 0 aromatic rings. The zero-order valence-electron chi connectivity index (χ0n) is 7.59. The summed E-state index contributed by atoms with van der Waals surface area (Å²) in [6.07, 6.45) is -4.51. The lowest BCUT2D eigenvalue weighted by Gasteiger charge is -2.16. The van der Waals surface area contributed by atoms with Gasteiger partial charge in [-0.2, -0.15) is 13.2 Å². The van der Waals surface area contributed by atoms with E-state index in [1.807, 2.05) is 0 Å². The normalized spacial score (nSPS) is 25.3. The third kappa shape index (κ3) is 4.26. The van der Waals surface area contributed by atoms with Crippen molar-refractivity contribution in [3.8, 4) is 0 Å². The van der Waals surface area contributed by atoms with Gasteiger partial charge in [-0.05, 0) is 6.42 Å². The molecule has 0 spiro atoms. The Morgan fingerprint density at radius 1 is 1.50 bits per heavy atom. The van der Waals surface area contributed by atoms with E-state index in [1.54, 1.807) is 0 Å². The van der Waals surface area contributed by atoms with Gasteiger partial charge in [0.1, 0.15) is 6.61 Å². The van der Waals surface area contributed by atoms with Gasteiger partial charge >= 0.3 is 6.18 Å². The highest BCUT2D eigenvalue weighted by molar-refractivity contribution is 4.72. The molecule has 0 aromatic carbocycles. The molecule has 84 valence electrons. The summed E-state index contributed by atoms with van der Waals surface area (Å²) in [5, 5.41) is 9.37. The summed E-state index contributed by atoms with van der Waals surface area (Å²) in [5.41, 5.74) is 0. The Kier molecular flexibility index (Phi) is 4.15. The lowest BCUT2D eigenvalue weighted by atomic mass is 10.0. The van der Waals surface area contributed by atoms with E-state index in [0.717, 1.165) is 0 Å². The fraction of sp³-hybridized carbons (Fsp3) is 1.00. The Balaban J connectivity index is 2.11. The second kappa shape index (κ2) is 4.95. The topological polar surface area (TPSA) is 38.7 Å². The van der Waals surface area contributed by atoms with Crippen LogP contribution in [0.25, 0.3) is 0 Å². The van der Waals surface area contributed by atoms with Crippen LogP contribution in [0.2, 0.25) is 0 Å². The molecule has 0 saturated carbocycles. The van der Waals surface area contributed by atoms with Crippen molar-refractivity contribution < 1.29 is 27.8 Å². The number of alkyl halides is 3. The second-order valence-electron chi connectivity index (χ2n) is 3.32. The van der Waals surface area contributed by atoms with Gasteiger partial charge in [-0.15, -0.1) is 0 Å². The SMILES string of the molecule is OC(COCC(F)(F)F)C1CCOC1. The van der Waals surface area contributed by atoms with Gasteiger partial charge in [0.05, 0.1) is 19.3 Å². The van der Waals surface area contributed by atoms with Crippen molar-refractivity contribution in [1.29, 1.82) is 0 Å². The molecule has 1 saturated heterocycles. The summed E-state index contributed by atoms with van der Waals surface area (Å²) < 4.78 is 44.3. The van der Waals surface area contributed by atoms with E-state index in [-0.39, 0.29) is 12.5 Å². The van der Waals surface area contributed by atoms with Gasteiger partial charge in [0.25, 0.3) is 0 Å². The predicted octanol–water partition coefficient (Wildman–Crippen LogP) is 0.963. The highest BCUT2D eigenvalue weighted by atomic mass is 19.4. The molecule has 6 heteroatoms. The van der Waals surface area contributed by atoms with Gasteiger partial charge in [-0.1, -0.05) is 0 Å². The number of hydrogen-bond donors (Lipinski definition) is 1. The Morgan fingerprint density at radius 2 is 2.21 bits per heavy atom. The summed E-state index contributed by atoms with van der Waals surface area (Å²) in [7, 11) is 0. The Bertz CT molecular complexity index is 166. The molecule has 0 amide bonds. The monoisotopic (exact) mass is 214 g/mol. The van der Waals surface area contributed by atoms with Gasteiger partial charge in [0, 0.05) is 12.5 Å². The molecule has 1 aliphatic rings. The van der Waals surface area contributed by atoms with Gasteiger partial charge in [-0.25, -0.2) is 0 Å². The minimum Gasteiger partial charge on any atom is -0.390 e. The van der Waals surface area contributed by atoms with Crippen LogP contribution >= 0.6 is 0 Å². The summed E-state index contributed by atoms with van der Waals surface area (Å²) in [6.45, 7) is -0.636. The maximum absolute atomic E-state index is 11.7. The molecule has 2 unspecified atom stereocenters. The molecule has 1 N–H and O–H groups in total. The summed E-state index contributed by atoms with van der Waals surface area (Å²) in [4.78, 5) is 0. The highest BCUT2D eigenvalue weighted by Crippen LogP contribution is 2.18. The summed E-state index contributed by atoms with van der Waals surface area (Å²) in [5.74, 6) is -0.0942. The van der Waals surface area contributed by atoms with Crippen molar-refractivity contribution in [2.24, 2.45) is 5.92 Å². The fourth-order valence-corrected chi connectivity index (χ4v) is 1.29. The van der Waals surface area contributed by atoms with Gasteiger partial charge < -0.3 is 14.6 Å². The number of rotatable bonds is 4. The largest absolute Gasteiger partial charge is 0.411 e. The van der Waals surface area contributed by atoms with Crippen molar-refractivity contribution in [3.63, 3.8) is 0 Å². The maximum atomic E-state index is 11.7. The van der Waals surface area contributed by atoms with Crippen molar-refractivity contribution in [2.75, 3.05) is 26.4 Å². The number of hydrogen-bond acceptors (Lipinski definition) is 3. The van der Waals surface area contributed by atoms with E-state index in [1.165, 1.54) is 0 Å². The molecular formula is C8H13F3O3. The van der Waals surface area contributed by atoms with Crippen molar-refractivity contribution in [3.05, 3.63) is 0 Å². The minimum atomic E-state index is -4.33. The van der Waals surface area contributed by atoms with Gasteiger partial charge in [-0.3, -0.25) is 0 Å². The zero-order valence-corrected chi connectivity index (χ0v) is 7.59. The molecule has 1 fully saturated rings. The highest BCUT2D eigenvalue weighted by Gasteiger charge is 2.29. The molecule has 0 radical (unpaired) electrons. The first-order chi connectivity index (χ1) is 6.49. The minimum absolute atomic E-state index is 0.0942. The zero-order chi connectivity index (χ0) is 10.6. The number of aliphatic hydroxyl groups is 1. The molecule has 1 rings (SSSR count). The second-order valence-corrected chi connectivity index (χ2v) is 3.32. The van der Waals surface area contributed by atoms with E-state index in [0.29, 0.717) is 19.6 Å². The van der Waals surface area contributed by atoms with Crippen LogP contribution in [0.3, 0.4) is 0 Å². The molecular weight excluding hydrogens is 201 g/mol. The van der Waals surface area contributed by atoms with Crippen LogP contribution in [0.5, 0.6) is 0 Å². The molecule has 1 aliphatic heterocycles. The molecule has 0 bridgehead atoms. The van der Waals surface area contributed by atoms with Crippen molar-refractivity contribution >= 4 is 0 Å². The van der Waals surface area contributed by atoms with Crippen LogP contribution < -0.4 is 0 Å². The van der Waals surface area contributed by atoms with Crippen LogP contribution in [0, 0.1) is 5.92 Å². The van der Waals surface area contributed by atoms with Gasteiger partial charge in [0.2, 0.25) is 0 Å². The Hall–Kier alpha value is -0.330. The fourth-order valence-electron chi connectivity index (χ4n) is 1.29. The molecule has 14 heavy (non-hydrogen) atoms. The van der Waals surface area contributed by atoms with Crippen LogP contribution in [0.4, 0.5) is 13.2 Å². The van der Waals surface area contributed by atoms with Crippen molar-refractivity contribution in [1.82, 2.24) is 0 Å². The third-order valence-corrected chi connectivity index (χ3v) is 2.06.